The minimum absolute atomic E-state index is 1.19. The normalized spacial score (nSPS) is 11.5. The highest BCUT2D eigenvalue weighted by Crippen LogP contribution is 2.43. The summed E-state index contributed by atoms with van der Waals surface area (Å²) in [5.74, 6) is 0. The van der Waals surface area contributed by atoms with Gasteiger partial charge in [-0.2, -0.15) is 0 Å². The zero-order chi connectivity index (χ0) is 28.0. The van der Waals surface area contributed by atoms with Crippen LogP contribution in [0.2, 0.25) is 0 Å². The van der Waals surface area contributed by atoms with Crippen molar-refractivity contribution in [2.45, 2.75) is 6.92 Å². The minimum Gasteiger partial charge on any atom is -0.314 e. The number of aromatic nitrogens is 1. The van der Waals surface area contributed by atoms with Crippen molar-refractivity contribution in [1.29, 1.82) is 0 Å². The standard InChI is InChI=1S/C41H29N/c1-28-26-33-25-24-32(27-39(33)42(28)34-14-6-3-7-15-34)29-20-22-31(23-21-29)41-37-18-10-8-16-35(37)40(30-12-4-2-5-13-30)36-17-9-11-19-38(36)41/h2-27H,1H3. The van der Waals surface area contributed by atoms with E-state index in [1.54, 1.807) is 0 Å². The molecule has 42 heavy (non-hydrogen) atoms. The van der Waals surface area contributed by atoms with Crippen LogP contribution in [0.15, 0.2) is 158 Å². The molecule has 0 radical (unpaired) electrons. The molecule has 0 saturated heterocycles. The van der Waals surface area contributed by atoms with Gasteiger partial charge in [0.05, 0.1) is 5.52 Å². The van der Waals surface area contributed by atoms with Crippen molar-refractivity contribution in [3.05, 3.63) is 163 Å². The van der Waals surface area contributed by atoms with Gasteiger partial charge in [0.15, 0.2) is 0 Å². The van der Waals surface area contributed by atoms with E-state index in [1.807, 2.05) is 0 Å². The van der Waals surface area contributed by atoms with Gasteiger partial charge in [0.2, 0.25) is 0 Å². The molecule has 1 heteroatoms. The molecule has 8 rings (SSSR count). The molecule has 1 aromatic heterocycles. The van der Waals surface area contributed by atoms with E-state index < -0.39 is 0 Å². The molecule has 0 aliphatic heterocycles. The lowest BCUT2D eigenvalue weighted by Crippen LogP contribution is -1.95. The lowest BCUT2D eigenvalue weighted by Gasteiger charge is -2.18. The van der Waals surface area contributed by atoms with E-state index >= 15 is 0 Å². The fourth-order valence-electron chi connectivity index (χ4n) is 6.62. The zero-order valence-electron chi connectivity index (χ0n) is 23.5. The Hall–Kier alpha value is -5.40. The third kappa shape index (κ3) is 3.94. The van der Waals surface area contributed by atoms with Crippen LogP contribution >= 0.6 is 0 Å². The number of benzene rings is 7. The number of nitrogens with zero attached hydrogens (tertiary/aromatic N) is 1. The van der Waals surface area contributed by atoms with Crippen molar-refractivity contribution in [2.24, 2.45) is 0 Å². The Labute approximate surface area is 245 Å². The van der Waals surface area contributed by atoms with Crippen molar-refractivity contribution >= 4 is 32.4 Å². The Balaban J connectivity index is 1.28. The van der Waals surface area contributed by atoms with Crippen LogP contribution in [0.5, 0.6) is 0 Å². The highest BCUT2D eigenvalue weighted by Gasteiger charge is 2.16. The predicted octanol–water partition coefficient (Wildman–Crippen LogP) is 11.2. The Morgan fingerprint density at radius 3 is 1.40 bits per heavy atom. The van der Waals surface area contributed by atoms with Crippen LogP contribution in [0, 0.1) is 6.92 Å². The fourth-order valence-corrected chi connectivity index (χ4v) is 6.62. The van der Waals surface area contributed by atoms with Gasteiger partial charge in [-0.15, -0.1) is 0 Å². The fraction of sp³-hybridized carbons (Fsp3) is 0.0244. The largest absolute Gasteiger partial charge is 0.314 e. The maximum Gasteiger partial charge on any atom is 0.0537 e. The predicted molar refractivity (Wildman–Crippen MR) is 179 cm³/mol. The molecule has 0 N–H and O–H groups in total. The van der Waals surface area contributed by atoms with E-state index in [2.05, 4.69) is 169 Å². The molecule has 0 saturated carbocycles. The van der Waals surface area contributed by atoms with Crippen LogP contribution in [0.4, 0.5) is 0 Å². The molecular weight excluding hydrogens is 506 g/mol. The highest BCUT2D eigenvalue weighted by molar-refractivity contribution is 6.21. The molecule has 0 atom stereocenters. The molecule has 0 unspecified atom stereocenters. The molecule has 0 amide bonds. The Morgan fingerprint density at radius 1 is 0.381 bits per heavy atom. The van der Waals surface area contributed by atoms with Crippen molar-refractivity contribution in [3.63, 3.8) is 0 Å². The van der Waals surface area contributed by atoms with Crippen LogP contribution in [0.1, 0.15) is 5.69 Å². The smallest absolute Gasteiger partial charge is 0.0537 e. The molecule has 0 aliphatic carbocycles. The van der Waals surface area contributed by atoms with E-state index in [0.29, 0.717) is 0 Å². The summed E-state index contributed by atoms with van der Waals surface area (Å²) >= 11 is 0. The van der Waals surface area contributed by atoms with Crippen molar-refractivity contribution in [2.75, 3.05) is 0 Å². The van der Waals surface area contributed by atoms with Crippen LogP contribution in [-0.4, -0.2) is 4.57 Å². The van der Waals surface area contributed by atoms with Gasteiger partial charge in [-0.1, -0.05) is 133 Å². The molecule has 0 fully saturated rings. The van der Waals surface area contributed by atoms with Crippen LogP contribution in [0.3, 0.4) is 0 Å². The van der Waals surface area contributed by atoms with E-state index in [9.17, 15) is 0 Å². The lowest BCUT2D eigenvalue weighted by atomic mass is 9.86. The van der Waals surface area contributed by atoms with E-state index in [1.165, 1.54) is 77.2 Å². The SMILES string of the molecule is Cc1cc2ccc(-c3ccc(-c4c5ccccc5c(-c5ccccc5)c5ccccc45)cc3)cc2n1-c1ccccc1. The number of para-hydroxylation sites is 1. The molecule has 198 valence electrons. The third-order valence-corrected chi connectivity index (χ3v) is 8.50. The van der Waals surface area contributed by atoms with Gasteiger partial charge in [0.1, 0.15) is 0 Å². The Morgan fingerprint density at radius 2 is 0.833 bits per heavy atom. The van der Waals surface area contributed by atoms with Gasteiger partial charge < -0.3 is 4.57 Å². The van der Waals surface area contributed by atoms with Crippen LogP contribution < -0.4 is 0 Å². The maximum absolute atomic E-state index is 2.35. The summed E-state index contributed by atoms with van der Waals surface area (Å²) in [4.78, 5) is 0. The van der Waals surface area contributed by atoms with Gasteiger partial charge >= 0.3 is 0 Å². The summed E-state index contributed by atoms with van der Waals surface area (Å²) in [6.07, 6.45) is 0. The van der Waals surface area contributed by atoms with Crippen molar-refractivity contribution in [1.82, 2.24) is 4.57 Å². The lowest BCUT2D eigenvalue weighted by molar-refractivity contribution is 1.05. The zero-order valence-corrected chi connectivity index (χ0v) is 23.5. The second-order valence-electron chi connectivity index (χ2n) is 11.0. The van der Waals surface area contributed by atoms with E-state index in [0.717, 1.165) is 0 Å². The van der Waals surface area contributed by atoms with Gasteiger partial charge in [-0.25, -0.2) is 0 Å². The molecule has 1 nitrogen and oxygen atoms in total. The minimum atomic E-state index is 1.19. The molecule has 7 aromatic carbocycles. The maximum atomic E-state index is 2.35. The summed E-state index contributed by atoms with van der Waals surface area (Å²) in [5.41, 5.74) is 11.2. The molecule has 8 aromatic rings. The number of hydrogen-bond donors (Lipinski definition) is 0. The molecule has 0 spiro atoms. The summed E-state index contributed by atoms with van der Waals surface area (Å²) < 4.78 is 2.35. The first-order chi connectivity index (χ1) is 20.8. The summed E-state index contributed by atoms with van der Waals surface area (Å²) in [7, 11) is 0. The second-order valence-corrected chi connectivity index (χ2v) is 11.0. The Kier molecular flexibility index (Phi) is 5.75. The van der Waals surface area contributed by atoms with Gasteiger partial charge in [-0.05, 0) is 86.1 Å². The van der Waals surface area contributed by atoms with E-state index in [-0.39, 0.29) is 0 Å². The molecule has 0 bridgehead atoms. The Bertz CT molecular complexity index is 2160. The van der Waals surface area contributed by atoms with Crippen molar-refractivity contribution in [3.8, 4) is 39.1 Å². The summed E-state index contributed by atoms with van der Waals surface area (Å²) in [6, 6.07) is 57.3. The summed E-state index contributed by atoms with van der Waals surface area (Å²) in [6.45, 7) is 2.18. The molecule has 0 aliphatic rings. The number of rotatable bonds is 4. The van der Waals surface area contributed by atoms with E-state index in [4.69, 9.17) is 0 Å². The first kappa shape index (κ1) is 24.4. The molecule has 1 heterocycles. The van der Waals surface area contributed by atoms with Gasteiger partial charge in [-0.3, -0.25) is 0 Å². The van der Waals surface area contributed by atoms with Crippen LogP contribution in [-0.2, 0) is 0 Å². The number of hydrogen-bond acceptors (Lipinski definition) is 0. The first-order valence-corrected chi connectivity index (χ1v) is 14.5. The molecular formula is C41H29N. The monoisotopic (exact) mass is 535 g/mol. The highest BCUT2D eigenvalue weighted by atomic mass is 15.0. The second kappa shape index (κ2) is 9.90. The summed E-state index contributed by atoms with van der Waals surface area (Å²) in [5, 5.41) is 6.38. The van der Waals surface area contributed by atoms with Gasteiger partial charge in [0.25, 0.3) is 0 Å². The quantitative estimate of drug-likeness (QED) is 0.198. The number of fused-ring (bicyclic) bond motifs is 3. The van der Waals surface area contributed by atoms with Crippen molar-refractivity contribution < 1.29 is 0 Å². The first-order valence-electron chi connectivity index (χ1n) is 14.5. The third-order valence-electron chi connectivity index (χ3n) is 8.50. The average Bonchev–Trinajstić information content (AvgIpc) is 3.39. The van der Waals surface area contributed by atoms with Crippen LogP contribution in [0.25, 0.3) is 71.5 Å². The average molecular weight is 536 g/mol. The van der Waals surface area contributed by atoms with Gasteiger partial charge in [0, 0.05) is 16.8 Å². The topological polar surface area (TPSA) is 4.93 Å². The number of aryl methyl sites for hydroxylation is 1.